The fourth-order valence-electron chi connectivity index (χ4n) is 3.74. The first-order valence-corrected chi connectivity index (χ1v) is 10.6. The highest BCUT2D eigenvalue weighted by Gasteiger charge is 2.33. The van der Waals surface area contributed by atoms with Crippen LogP contribution in [0.15, 0.2) is 106 Å². The maximum absolute atomic E-state index is 3.81. The van der Waals surface area contributed by atoms with Crippen LogP contribution in [0, 0.1) is 0 Å². The molecule has 0 bridgehead atoms. The van der Waals surface area contributed by atoms with Gasteiger partial charge in [-0.15, -0.1) is 0 Å². The zero-order valence-corrected chi connectivity index (χ0v) is 18.1. The van der Waals surface area contributed by atoms with Crippen molar-refractivity contribution in [2.75, 3.05) is 9.80 Å². The second-order valence-electron chi connectivity index (χ2n) is 6.56. The van der Waals surface area contributed by atoms with Crippen LogP contribution in [0.2, 0.25) is 0 Å². The van der Waals surface area contributed by atoms with E-state index < -0.39 is 0 Å². The lowest BCUT2D eigenvalue weighted by Crippen LogP contribution is -2.24. The van der Waals surface area contributed by atoms with E-state index in [0.717, 1.165) is 43.1 Å². The highest BCUT2D eigenvalue weighted by atomic mass is 79.9. The van der Waals surface area contributed by atoms with E-state index in [4.69, 9.17) is 0 Å². The molecule has 4 aromatic rings. The third-order valence-electron chi connectivity index (χ3n) is 4.89. The van der Waals surface area contributed by atoms with E-state index in [1.807, 2.05) is 12.1 Å². The van der Waals surface area contributed by atoms with E-state index >= 15 is 0 Å². The number of para-hydroxylation sites is 4. The van der Waals surface area contributed by atoms with Crippen LogP contribution in [0.4, 0.5) is 34.1 Å². The Morgan fingerprint density at radius 2 is 0.821 bits per heavy atom. The van der Waals surface area contributed by atoms with Crippen LogP contribution in [0.1, 0.15) is 0 Å². The standard InChI is InChI=1S/C24H16Br2N2/c25-19-13-8-16-22-23(19)27(17-9-3-1-4-10-17)21-15-7-14-20(26)24(21)28(22)18-11-5-2-6-12-18/h1-16H. The van der Waals surface area contributed by atoms with Gasteiger partial charge in [-0.1, -0.05) is 48.5 Å². The van der Waals surface area contributed by atoms with Gasteiger partial charge in [0.15, 0.2) is 0 Å². The molecule has 0 fully saturated rings. The van der Waals surface area contributed by atoms with Gasteiger partial charge in [-0.2, -0.15) is 0 Å². The highest BCUT2D eigenvalue weighted by Crippen LogP contribution is 2.57. The SMILES string of the molecule is Brc1cccc2c1N(c1ccccc1)c1cccc(Br)c1N2c1ccccc1. The van der Waals surface area contributed by atoms with Crippen LogP contribution >= 0.6 is 31.9 Å². The van der Waals surface area contributed by atoms with Crippen molar-refractivity contribution in [2.45, 2.75) is 0 Å². The van der Waals surface area contributed by atoms with Crippen LogP contribution in [0.3, 0.4) is 0 Å². The van der Waals surface area contributed by atoms with E-state index in [1.165, 1.54) is 0 Å². The molecule has 4 heteroatoms. The van der Waals surface area contributed by atoms with Crippen molar-refractivity contribution in [3.8, 4) is 0 Å². The lowest BCUT2D eigenvalue weighted by molar-refractivity contribution is 1.16. The zero-order chi connectivity index (χ0) is 19.1. The van der Waals surface area contributed by atoms with Gasteiger partial charge in [-0.05, 0) is 80.4 Å². The molecule has 0 radical (unpaired) electrons. The smallest absolute Gasteiger partial charge is 0.0846 e. The van der Waals surface area contributed by atoms with E-state index in [0.29, 0.717) is 0 Å². The van der Waals surface area contributed by atoms with Crippen LogP contribution in [0.25, 0.3) is 0 Å². The molecule has 136 valence electrons. The largest absolute Gasteiger partial charge is 0.305 e. The Morgan fingerprint density at radius 3 is 1.21 bits per heavy atom. The first-order valence-electron chi connectivity index (χ1n) is 9.03. The van der Waals surface area contributed by atoms with Gasteiger partial charge in [-0.3, -0.25) is 0 Å². The van der Waals surface area contributed by atoms with Crippen LogP contribution in [-0.4, -0.2) is 0 Å². The molecule has 5 rings (SSSR count). The van der Waals surface area contributed by atoms with Crippen molar-refractivity contribution >= 4 is 66.0 Å². The maximum atomic E-state index is 3.81. The Kier molecular flexibility index (Phi) is 4.46. The van der Waals surface area contributed by atoms with Crippen molar-refractivity contribution < 1.29 is 0 Å². The number of fused-ring (bicyclic) bond motifs is 2. The maximum Gasteiger partial charge on any atom is 0.0846 e. The topological polar surface area (TPSA) is 6.48 Å². The second kappa shape index (κ2) is 7.12. The van der Waals surface area contributed by atoms with E-state index in [9.17, 15) is 0 Å². The van der Waals surface area contributed by atoms with Gasteiger partial charge < -0.3 is 9.80 Å². The fraction of sp³-hybridized carbons (Fsp3) is 0. The molecule has 0 amide bonds. The third-order valence-corrected chi connectivity index (χ3v) is 6.17. The Bertz CT molecular complexity index is 1050. The van der Waals surface area contributed by atoms with Crippen molar-refractivity contribution in [3.63, 3.8) is 0 Å². The first-order chi connectivity index (χ1) is 13.8. The normalized spacial score (nSPS) is 12.5. The fourth-order valence-corrected chi connectivity index (χ4v) is 4.81. The van der Waals surface area contributed by atoms with Gasteiger partial charge in [0.1, 0.15) is 0 Å². The van der Waals surface area contributed by atoms with Crippen molar-refractivity contribution in [2.24, 2.45) is 0 Å². The van der Waals surface area contributed by atoms with Crippen LogP contribution < -0.4 is 9.80 Å². The predicted octanol–water partition coefficient (Wildman–Crippen LogP) is 8.46. The number of anilines is 6. The molecule has 0 aromatic heterocycles. The summed E-state index contributed by atoms with van der Waals surface area (Å²) in [5, 5.41) is 0. The minimum Gasteiger partial charge on any atom is -0.305 e. The van der Waals surface area contributed by atoms with Gasteiger partial charge >= 0.3 is 0 Å². The quantitative estimate of drug-likeness (QED) is 0.244. The lowest BCUT2D eigenvalue weighted by Gasteiger charge is -2.41. The highest BCUT2D eigenvalue weighted by molar-refractivity contribution is 9.11. The zero-order valence-electron chi connectivity index (χ0n) is 14.9. The van der Waals surface area contributed by atoms with Gasteiger partial charge in [0, 0.05) is 20.3 Å². The molecule has 0 saturated carbocycles. The molecule has 0 atom stereocenters. The van der Waals surface area contributed by atoms with Crippen LogP contribution in [0.5, 0.6) is 0 Å². The number of benzene rings is 4. The van der Waals surface area contributed by atoms with E-state index in [2.05, 4.69) is 127 Å². The average molecular weight is 492 g/mol. The number of rotatable bonds is 2. The monoisotopic (exact) mass is 490 g/mol. The Labute approximate surface area is 181 Å². The van der Waals surface area contributed by atoms with Crippen molar-refractivity contribution in [3.05, 3.63) is 106 Å². The molecular weight excluding hydrogens is 476 g/mol. The Hall–Kier alpha value is -2.56. The molecule has 0 spiro atoms. The second-order valence-corrected chi connectivity index (χ2v) is 8.27. The summed E-state index contributed by atoms with van der Waals surface area (Å²) in [5.74, 6) is 0. The molecule has 2 nitrogen and oxygen atoms in total. The number of nitrogens with zero attached hydrogens (tertiary/aromatic N) is 2. The summed E-state index contributed by atoms with van der Waals surface area (Å²) < 4.78 is 2.11. The molecule has 0 N–H and O–H groups in total. The van der Waals surface area contributed by atoms with E-state index in [-0.39, 0.29) is 0 Å². The van der Waals surface area contributed by atoms with Gasteiger partial charge in [0.25, 0.3) is 0 Å². The molecule has 1 heterocycles. The molecule has 28 heavy (non-hydrogen) atoms. The summed E-state index contributed by atoms with van der Waals surface area (Å²) in [7, 11) is 0. The molecule has 1 aliphatic rings. The lowest BCUT2D eigenvalue weighted by atomic mass is 10.0. The Balaban J connectivity index is 1.87. The molecule has 0 saturated heterocycles. The number of hydrogen-bond acceptors (Lipinski definition) is 2. The molecule has 0 unspecified atom stereocenters. The van der Waals surface area contributed by atoms with Gasteiger partial charge in [0.2, 0.25) is 0 Å². The number of hydrogen-bond donors (Lipinski definition) is 0. The van der Waals surface area contributed by atoms with Crippen LogP contribution in [-0.2, 0) is 0 Å². The summed E-state index contributed by atoms with van der Waals surface area (Å²) in [6.45, 7) is 0. The molecule has 1 aliphatic heterocycles. The van der Waals surface area contributed by atoms with Gasteiger partial charge in [-0.25, -0.2) is 0 Å². The predicted molar refractivity (Wildman–Crippen MR) is 125 cm³/mol. The molecular formula is C24H16Br2N2. The minimum atomic E-state index is 1.06. The van der Waals surface area contributed by atoms with Crippen molar-refractivity contribution in [1.82, 2.24) is 0 Å². The summed E-state index contributed by atoms with van der Waals surface area (Å²) >= 11 is 7.62. The summed E-state index contributed by atoms with van der Waals surface area (Å²) in [5.41, 5.74) is 6.77. The van der Waals surface area contributed by atoms with Crippen molar-refractivity contribution in [1.29, 1.82) is 0 Å². The first kappa shape index (κ1) is 17.5. The summed E-state index contributed by atoms with van der Waals surface area (Å²) in [6.07, 6.45) is 0. The third kappa shape index (κ3) is 2.76. The minimum absolute atomic E-state index is 1.06. The van der Waals surface area contributed by atoms with E-state index in [1.54, 1.807) is 0 Å². The summed E-state index contributed by atoms with van der Waals surface area (Å²) in [4.78, 5) is 4.64. The average Bonchev–Trinajstić information content (AvgIpc) is 2.74. The number of halogens is 2. The molecule has 0 aliphatic carbocycles. The Morgan fingerprint density at radius 1 is 0.429 bits per heavy atom. The van der Waals surface area contributed by atoms with Gasteiger partial charge in [0.05, 0.1) is 22.7 Å². The molecule has 4 aromatic carbocycles. The summed E-state index contributed by atoms with van der Waals surface area (Å²) in [6, 6.07) is 33.7.